The number of rotatable bonds is 2. The highest BCUT2D eigenvalue weighted by molar-refractivity contribution is 4.97. The fourth-order valence-electron chi connectivity index (χ4n) is 3.37. The van der Waals surface area contributed by atoms with Crippen molar-refractivity contribution in [2.45, 2.75) is 51.1 Å². The zero-order chi connectivity index (χ0) is 9.26. The highest BCUT2D eigenvalue weighted by atomic mass is 15.0. The summed E-state index contributed by atoms with van der Waals surface area (Å²) in [5.41, 5.74) is 5.66. The quantitative estimate of drug-likeness (QED) is 0.679. The Hall–Kier alpha value is -0.0800. The van der Waals surface area contributed by atoms with Crippen molar-refractivity contribution >= 4 is 0 Å². The van der Waals surface area contributed by atoms with Gasteiger partial charge in [-0.2, -0.15) is 0 Å². The molecule has 0 amide bonds. The van der Waals surface area contributed by atoms with Crippen molar-refractivity contribution in [1.29, 1.82) is 0 Å². The molecule has 1 saturated carbocycles. The maximum atomic E-state index is 5.66. The molecule has 2 nitrogen and oxygen atoms in total. The molecule has 2 rings (SSSR count). The van der Waals surface area contributed by atoms with Crippen LogP contribution in [-0.4, -0.2) is 18.6 Å². The summed E-state index contributed by atoms with van der Waals surface area (Å²) in [7, 11) is 0. The molecule has 3 N–H and O–H groups in total. The van der Waals surface area contributed by atoms with Gasteiger partial charge in [-0.15, -0.1) is 0 Å². The Morgan fingerprint density at radius 1 is 1.31 bits per heavy atom. The minimum absolute atomic E-state index is 0.705. The summed E-state index contributed by atoms with van der Waals surface area (Å²) in [5, 5.41) is 3.74. The molecular weight excluding hydrogens is 160 g/mol. The van der Waals surface area contributed by atoms with Gasteiger partial charge in [-0.1, -0.05) is 12.8 Å². The minimum atomic E-state index is 0.705. The van der Waals surface area contributed by atoms with Crippen LogP contribution in [0.2, 0.25) is 0 Å². The van der Waals surface area contributed by atoms with Crippen LogP contribution in [0.3, 0.4) is 0 Å². The van der Waals surface area contributed by atoms with E-state index in [1.807, 2.05) is 0 Å². The maximum absolute atomic E-state index is 5.66. The summed E-state index contributed by atoms with van der Waals surface area (Å²) in [6, 6.07) is 1.52. The SMILES string of the molecule is CC1NC2CCCCC2C1CCN. The molecule has 13 heavy (non-hydrogen) atoms. The van der Waals surface area contributed by atoms with E-state index in [9.17, 15) is 0 Å². The van der Waals surface area contributed by atoms with E-state index in [1.54, 1.807) is 0 Å². The smallest absolute Gasteiger partial charge is 0.0101 e. The Morgan fingerprint density at radius 3 is 2.85 bits per heavy atom. The van der Waals surface area contributed by atoms with E-state index in [4.69, 9.17) is 5.73 Å². The van der Waals surface area contributed by atoms with Gasteiger partial charge in [0.25, 0.3) is 0 Å². The molecule has 4 atom stereocenters. The fraction of sp³-hybridized carbons (Fsp3) is 1.00. The highest BCUT2D eigenvalue weighted by Gasteiger charge is 2.40. The Kier molecular flexibility index (Phi) is 2.89. The van der Waals surface area contributed by atoms with Crippen molar-refractivity contribution in [3.05, 3.63) is 0 Å². The average molecular weight is 182 g/mol. The Morgan fingerprint density at radius 2 is 2.08 bits per heavy atom. The monoisotopic (exact) mass is 182 g/mol. The van der Waals surface area contributed by atoms with Gasteiger partial charge >= 0.3 is 0 Å². The van der Waals surface area contributed by atoms with Crippen molar-refractivity contribution in [1.82, 2.24) is 5.32 Å². The first-order chi connectivity index (χ1) is 6.33. The van der Waals surface area contributed by atoms with Crippen LogP contribution in [0.5, 0.6) is 0 Å². The van der Waals surface area contributed by atoms with Gasteiger partial charge in [0.1, 0.15) is 0 Å². The zero-order valence-electron chi connectivity index (χ0n) is 8.63. The van der Waals surface area contributed by atoms with Crippen LogP contribution in [0, 0.1) is 11.8 Å². The van der Waals surface area contributed by atoms with Crippen LogP contribution in [0.1, 0.15) is 39.0 Å². The van der Waals surface area contributed by atoms with Crippen LogP contribution in [0.15, 0.2) is 0 Å². The lowest BCUT2D eigenvalue weighted by Crippen LogP contribution is -2.31. The van der Waals surface area contributed by atoms with E-state index in [0.717, 1.165) is 24.4 Å². The van der Waals surface area contributed by atoms with Crippen molar-refractivity contribution in [2.24, 2.45) is 17.6 Å². The third kappa shape index (κ3) is 1.75. The molecule has 1 heterocycles. The van der Waals surface area contributed by atoms with Crippen molar-refractivity contribution < 1.29 is 0 Å². The number of nitrogens with two attached hydrogens (primary N) is 1. The molecule has 0 aromatic rings. The number of hydrogen-bond donors (Lipinski definition) is 2. The third-order valence-electron chi connectivity index (χ3n) is 3.99. The molecular formula is C11H22N2. The predicted octanol–water partition coefficient (Wildman–Crippen LogP) is 1.50. The molecule has 0 spiro atoms. The zero-order valence-corrected chi connectivity index (χ0v) is 8.63. The highest BCUT2D eigenvalue weighted by Crippen LogP contribution is 2.38. The summed E-state index contributed by atoms with van der Waals surface area (Å²) in [6.07, 6.45) is 6.92. The van der Waals surface area contributed by atoms with Gasteiger partial charge in [0.15, 0.2) is 0 Å². The summed E-state index contributed by atoms with van der Waals surface area (Å²) >= 11 is 0. The largest absolute Gasteiger partial charge is 0.330 e. The van der Waals surface area contributed by atoms with Crippen LogP contribution in [0.25, 0.3) is 0 Å². The van der Waals surface area contributed by atoms with Crippen molar-refractivity contribution in [2.75, 3.05) is 6.54 Å². The van der Waals surface area contributed by atoms with Gasteiger partial charge < -0.3 is 11.1 Å². The second-order valence-corrected chi connectivity index (χ2v) is 4.75. The molecule has 76 valence electrons. The first kappa shape index (κ1) is 9.47. The van der Waals surface area contributed by atoms with Crippen LogP contribution >= 0.6 is 0 Å². The Balaban J connectivity index is 2.00. The fourth-order valence-corrected chi connectivity index (χ4v) is 3.37. The van der Waals surface area contributed by atoms with Gasteiger partial charge in [-0.05, 0) is 44.6 Å². The van der Waals surface area contributed by atoms with E-state index < -0.39 is 0 Å². The molecule has 0 radical (unpaired) electrons. The second-order valence-electron chi connectivity index (χ2n) is 4.75. The van der Waals surface area contributed by atoms with Crippen LogP contribution in [0.4, 0.5) is 0 Å². The van der Waals surface area contributed by atoms with E-state index in [2.05, 4.69) is 12.2 Å². The summed E-state index contributed by atoms with van der Waals surface area (Å²) < 4.78 is 0. The lowest BCUT2D eigenvalue weighted by atomic mass is 9.77. The van der Waals surface area contributed by atoms with Gasteiger partial charge in [0.2, 0.25) is 0 Å². The van der Waals surface area contributed by atoms with Gasteiger partial charge in [-0.3, -0.25) is 0 Å². The summed E-state index contributed by atoms with van der Waals surface area (Å²) in [6.45, 7) is 3.19. The molecule has 2 heteroatoms. The predicted molar refractivity (Wildman–Crippen MR) is 55.5 cm³/mol. The van der Waals surface area contributed by atoms with Crippen LogP contribution < -0.4 is 11.1 Å². The molecule has 2 fully saturated rings. The number of nitrogens with one attached hydrogen (secondary N) is 1. The second kappa shape index (κ2) is 3.97. The van der Waals surface area contributed by atoms with Gasteiger partial charge in [0, 0.05) is 12.1 Å². The number of hydrogen-bond acceptors (Lipinski definition) is 2. The Labute approximate surface area is 81.3 Å². The van der Waals surface area contributed by atoms with Gasteiger partial charge in [-0.25, -0.2) is 0 Å². The molecule has 2 aliphatic rings. The van der Waals surface area contributed by atoms with E-state index in [-0.39, 0.29) is 0 Å². The maximum Gasteiger partial charge on any atom is 0.0101 e. The molecule has 0 aromatic carbocycles. The molecule has 0 bridgehead atoms. The molecule has 4 unspecified atom stereocenters. The first-order valence-corrected chi connectivity index (χ1v) is 5.79. The van der Waals surface area contributed by atoms with E-state index in [0.29, 0.717) is 6.04 Å². The lowest BCUT2D eigenvalue weighted by Gasteiger charge is -2.28. The standard InChI is InChI=1S/C11H22N2/c1-8-9(6-7-12)10-4-2-3-5-11(10)13-8/h8-11,13H,2-7,12H2,1H3. The minimum Gasteiger partial charge on any atom is -0.330 e. The first-order valence-electron chi connectivity index (χ1n) is 5.79. The molecule has 1 aliphatic heterocycles. The normalized spacial score (nSPS) is 44.8. The number of fused-ring (bicyclic) bond motifs is 1. The summed E-state index contributed by atoms with van der Waals surface area (Å²) in [4.78, 5) is 0. The molecule has 1 saturated heterocycles. The Bertz CT molecular complexity index is 167. The topological polar surface area (TPSA) is 38.0 Å². The van der Waals surface area contributed by atoms with Crippen molar-refractivity contribution in [3.63, 3.8) is 0 Å². The lowest BCUT2D eigenvalue weighted by molar-refractivity contribution is 0.261. The van der Waals surface area contributed by atoms with E-state index >= 15 is 0 Å². The van der Waals surface area contributed by atoms with Gasteiger partial charge in [0.05, 0.1) is 0 Å². The van der Waals surface area contributed by atoms with Crippen LogP contribution in [-0.2, 0) is 0 Å². The third-order valence-corrected chi connectivity index (χ3v) is 3.99. The van der Waals surface area contributed by atoms with E-state index in [1.165, 1.54) is 32.1 Å². The average Bonchev–Trinajstić information content (AvgIpc) is 2.44. The molecule has 1 aliphatic carbocycles. The molecule has 0 aromatic heterocycles. The van der Waals surface area contributed by atoms with Crippen molar-refractivity contribution in [3.8, 4) is 0 Å². The summed E-state index contributed by atoms with van der Waals surface area (Å²) in [5.74, 6) is 1.79.